The molecule has 0 saturated heterocycles. The number of carbonyl (C=O) groups is 1. The van der Waals surface area contributed by atoms with Crippen molar-refractivity contribution < 1.29 is 22.7 Å². The Labute approximate surface area is 164 Å². The molecule has 0 atom stereocenters. The zero-order valence-electron chi connectivity index (χ0n) is 14.9. The summed E-state index contributed by atoms with van der Waals surface area (Å²) in [6.07, 6.45) is -4.42. The average Bonchev–Trinajstić information content (AvgIpc) is 3.17. The molecule has 2 aromatic carbocycles. The van der Waals surface area contributed by atoms with Gasteiger partial charge in [-0.25, -0.2) is 4.98 Å². The van der Waals surface area contributed by atoms with Gasteiger partial charge in [0.2, 0.25) is 0 Å². The summed E-state index contributed by atoms with van der Waals surface area (Å²) in [5, 5.41) is 5.04. The Morgan fingerprint density at radius 1 is 1.14 bits per heavy atom. The average molecular weight is 406 g/mol. The Balaban J connectivity index is 1.68. The van der Waals surface area contributed by atoms with E-state index in [2.05, 4.69) is 10.3 Å². The molecule has 146 valence electrons. The molecule has 0 radical (unpaired) electrons. The fourth-order valence-electron chi connectivity index (χ4n) is 2.54. The fraction of sp³-hybridized carbons (Fsp3) is 0.200. The molecule has 0 aliphatic rings. The van der Waals surface area contributed by atoms with Gasteiger partial charge in [0, 0.05) is 23.1 Å². The highest BCUT2D eigenvalue weighted by Gasteiger charge is 2.32. The number of rotatable bonds is 6. The van der Waals surface area contributed by atoms with Crippen LogP contribution in [0.25, 0.3) is 10.6 Å². The first-order chi connectivity index (χ1) is 13.4. The van der Waals surface area contributed by atoms with Gasteiger partial charge in [0.15, 0.2) is 0 Å². The van der Waals surface area contributed by atoms with E-state index < -0.39 is 11.7 Å². The summed E-state index contributed by atoms with van der Waals surface area (Å²) in [4.78, 5) is 16.1. The van der Waals surface area contributed by atoms with E-state index in [4.69, 9.17) is 4.74 Å². The molecule has 3 rings (SSSR count). The number of alkyl halides is 3. The molecule has 0 aliphatic carbocycles. The predicted molar refractivity (Wildman–Crippen MR) is 101 cm³/mol. The van der Waals surface area contributed by atoms with Crippen LogP contribution in [0.3, 0.4) is 0 Å². The van der Waals surface area contributed by atoms with Crippen LogP contribution in [0, 0.1) is 0 Å². The molecule has 0 unspecified atom stereocenters. The van der Waals surface area contributed by atoms with Crippen molar-refractivity contribution in [1.29, 1.82) is 0 Å². The minimum atomic E-state index is -4.42. The van der Waals surface area contributed by atoms with Gasteiger partial charge in [-0.2, -0.15) is 13.2 Å². The Bertz CT molecular complexity index is 953. The van der Waals surface area contributed by atoms with Gasteiger partial charge >= 0.3 is 6.18 Å². The maximum absolute atomic E-state index is 13.0. The summed E-state index contributed by atoms with van der Waals surface area (Å²) in [5.41, 5.74) is 0.521. The van der Waals surface area contributed by atoms with E-state index in [-0.39, 0.29) is 18.1 Å². The maximum atomic E-state index is 13.0. The molecule has 28 heavy (non-hydrogen) atoms. The van der Waals surface area contributed by atoms with E-state index in [1.807, 2.05) is 6.92 Å². The highest BCUT2D eigenvalue weighted by atomic mass is 32.1. The van der Waals surface area contributed by atoms with E-state index in [1.54, 1.807) is 35.7 Å². The number of halogens is 3. The fourth-order valence-corrected chi connectivity index (χ4v) is 3.35. The van der Waals surface area contributed by atoms with E-state index >= 15 is 0 Å². The van der Waals surface area contributed by atoms with Crippen LogP contribution in [0.15, 0.2) is 53.9 Å². The molecule has 1 N–H and O–H groups in total. The summed E-state index contributed by atoms with van der Waals surface area (Å²) >= 11 is 1.34. The topological polar surface area (TPSA) is 51.2 Å². The van der Waals surface area contributed by atoms with Crippen molar-refractivity contribution in [2.45, 2.75) is 19.7 Å². The zero-order chi connectivity index (χ0) is 20.1. The third-order valence-electron chi connectivity index (χ3n) is 3.89. The predicted octanol–water partition coefficient (Wildman–Crippen LogP) is 5.16. The second-order valence-electron chi connectivity index (χ2n) is 5.87. The molecule has 3 aromatic rings. The second-order valence-corrected chi connectivity index (χ2v) is 6.72. The molecular weight excluding hydrogens is 389 g/mol. The third kappa shape index (κ3) is 4.69. The summed E-state index contributed by atoms with van der Waals surface area (Å²) in [5.74, 6) is 0.217. The van der Waals surface area contributed by atoms with E-state index in [0.29, 0.717) is 23.0 Å². The van der Waals surface area contributed by atoms with Crippen molar-refractivity contribution in [2.75, 3.05) is 6.54 Å². The van der Waals surface area contributed by atoms with Crippen molar-refractivity contribution >= 4 is 17.2 Å². The first-order valence-corrected chi connectivity index (χ1v) is 9.38. The van der Waals surface area contributed by atoms with Gasteiger partial charge in [-0.05, 0) is 37.3 Å². The quantitative estimate of drug-likeness (QED) is 0.615. The Morgan fingerprint density at radius 2 is 1.86 bits per heavy atom. The molecule has 0 saturated carbocycles. The zero-order valence-corrected chi connectivity index (χ0v) is 15.7. The molecule has 0 spiro atoms. The van der Waals surface area contributed by atoms with Crippen molar-refractivity contribution in [1.82, 2.24) is 10.3 Å². The van der Waals surface area contributed by atoms with Crippen LogP contribution in [0.5, 0.6) is 5.75 Å². The summed E-state index contributed by atoms with van der Waals surface area (Å²) in [6.45, 7) is 2.17. The Kier molecular flexibility index (Phi) is 5.99. The smallest absolute Gasteiger partial charge is 0.416 e. The molecule has 1 amide bonds. The molecule has 1 heterocycles. The normalized spacial score (nSPS) is 11.3. The first kappa shape index (κ1) is 19.9. The van der Waals surface area contributed by atoms with E-state index in [9.17, 15) is 18.0 Å². The van der Waals surface area contributed by atoms with Crippen molar-refractivity contribution in [2.24, 2.45) is 0 Å². The lowest BCUT2D eigenvalue weighted by Gasteiger charge is -2.13. The summed E-state index contributed by atoms with van der Waals surface area (Å²) in [6, 6.07) is 12.2. The van der Waals surface area contributed by atoms with Gasteiger partial charge < -0.3 is 10.1 Å². The molecule has 1 aromatic heterocycles. The minimum Gasteiger partial charge on any atom is -0.489 e. The molecule has 4 nitrogen and oxygen atoms in total. The van der Waals surface area contributed by atoms with Crippen LogP contribution in [0.1, 0.15) is 28.5 Å². The number of aromatic nitrogens is 1. The van der Waals surface area contributed by atoms with Crippen molar-refractivity contribution in [3.05, 3.63) is 70.7 Å². The van der Waals surface area contributed by atoms with Crippen LogP contribution < -0.4 is 10.1 Å². The molecule has 0 bridgehead atoms. The number of benzene rings is 2. The third-order valence-corrected chi connectivity index (χ3v) is 4.78. The van der Waals surface area contributed by atoms with Gasteiger partial charge in [-0.1, -0.05) is 18.2 Å². The van der Waals surface area contributed by atoms with Gasteiger partial charge in [-0.3, -0.25) is 4.79 Å². The van der Waals surface area contributed by atoms with Crippen LogP contribution >= 0.6 is 11.3 Å². The number of hydrogen-bond donors (Lipinski definition) is 1. The van der Waals surface area contributed by atoms with Gasteiger partial charge in [0.25, 0.3) is 5.91 Å². The summed E-state index contributed by atoms with van der Waals surface area (Å²) < 4.78 is 44.6. The van der Waals surface area contributed by atoms with Crippen LogP contribution in [0.4, 0.5) is 13.2 Å². The number of nitrogens with zero attached hydrogens (tertiary/aromatic N) is 1. The van der Waals surface area contributed by atoms with Crippen molar-refractivity contribution in [3.63, 3.8) is 0 Å². The van der Waals surface area contributed by atoms with Crippen molar-refractivity contribution in [3.8, 4) is 16.3 Å². The largest absolute Gasteiger partial charge is 0.489 e. The number of thiazole rings is 1. The molecular formula is C20H17F3N2O2S. The molecule has 0 aliphatic heterocycles. The highest BCUT2D eigenvalue weighted by Crippen LogP contribution is 2.32. The van der Waals surface area contributed by atoms with Gasteiger partial charge in [0.1, 0.15) is 23.1 Å². The first-order valence-electron chi connectivity index (χ1n) is 8.50. The number of carbonyl (C=O) groups excluding carboxylic acids is 1. The Hall–Kier alpha value is -2.87. The van der Waals surface area contributed by atoms with Gasteiger partial charge in [-0.15, -0.1) is 11.3 Å². The number of nitrogens with one attached hydrogen (secondary N) is 1. The SMILES string of the molecule is CCNC(=O)c1csc(-c2ccc(OCc3ccccc3C(F)(F)F)cc2)n1. The van der Waals surface area contributed by atoms with E-state index in [1.165, 1.54) is 23.5 Å². The molecule has 0 fully saturated rings. The second kappa shape index (κ2) is 8.43. The number of hydrogen-bond acceptors (Lipinski definition) is 4. The lowest BCUT2D eigenvalue weighted by molar-refractivity contribution is -0.138. The lowest BCUT2D eigenvalue weighted by Crippen LogP contribution is -2.22. The van der Waals surface area contributed by atoms with Crippen LogP contribution in [-0.2, 0) is 12.8 Å². The standard InChI is InChI=1S/C20H17F3N2O2S/c1-2-24-18(26)17-12-28-19(25-17)13-7-9-15(10-8-13)27-11-14-5-3-4-6-16(14)20(21,22)23/h3-10,12H,2,11H2,1H3,(H,24,26). The molecule has 8 heteroatoms. The summed E-state index contributed by atoms with van der Waals surface area (Å²) in [7, 11) is 0. The monoisotopic (exact) mass is 406 g/mol. The van der Waals surface area contributed by atoms with Gasteiger partial charge in [0.05, 0.1) is 5.56 Å². The lowest BCUT2D eigenvalue weighted by atomic mass is 10.1. The van der Waals surface area contributed by atoms with E-state index in [0.717, 1.165) is 11.6 Å². The van der Waals surface area contributed by atoms with Crippen LogP contribution in [0.2, 0.25) is 0 Å². The minimum absolute atomic E-state index is 0.0746. The maximum Gasteiger partial charge on any atom is 0.416 e. The van der Waals surface area contributed by atoms with Crippen LogP contribution in [-0.4, -0.2) is 17.4 Å². The number of amides is 1. The number of ether oxygens (including phenoxy) is 1. The highest BCUT2D eigenvalue weighted by molar-refractivity contribution is 7.13. The Morgan fingerprint density at radius 3 is 2.54 bits per heavy atom.